The minimum absolute atomic E-state index is 0.0881. The molecule has 1 aliphatic heterocycles. The Balaban J connectivity index is 2.68. The molecule has 0 aromatic heterocycles. The molecule has 0 atom stereocenters. The molecule has 0 N–H and O–H groups in total. The number of hydrogen-bond acceptors (Lipinski definition) is 3. The Hall–Kier alpha value is -2.05. The number of para-hydroxylation sites is 1. The van der Waals surface area contributed by atoms with Gasteiger partial charge in [0.15, 0.2) is 0 Å². The number of nitriles is 2. The Morgan fingerprint density at radius 2 is 1.94 bits per heavy atom. The van der Waals surface area contributed by atoms with Gasteiger partial charge in [0.25, 0.3) is 0 Å². The molecule has 0 fully saturated rings. The van der Waals surface area contributed by atoms with Crippen LogP contribution in [0.15, 0.2) is 51.8 Å². The summed E-state index contributed by atoms with van der Waals surface area (Å²) in [5, 5.41) is 18.0. The molecule has 0 aliphatic carbocycles. The number of benzene rings is 1. The van der Waals surface area contributed by atoms with Crippen molar-refractivity contribution < 1.29 is 4.74 Å². The van der Waals surface area contributed by atoms with Gasteiger partial charge in [0.05, 0.1) is 0 Å². The summed E-state index contributed by atoms with van der Waals surface area (Å²) < 4.78 is 7.47. The van der Waals surface area contributed by atoms with Crippen LogP contribution >= 0.6 is 22.6 Å². The molecule has 0 bridgehead atoms. The van der Waals surface area contributed by atoms with Gasteiger partial charge in [-0.1, -0.05) is 40.8 Å². The molecule has 0 amide bonds. The third-order valence-corrected chi connectivity index (χ3v) is 2.77. The first-order valence-corrected chi connectivity index (χ1v) is 6.35. The predicted octanol–water partition coefficient (Wildman–Crippen LogP) is 3.71. The van der Waals surface area contributed by atoms with E-state index in [1.54, 1.807) is 12.2 Å². The average Bonchev–Trinajstić information content (AvgIpc) is 2.40. The van der Waals surface area contributed by atoms with E-state index in [4.69, 9.17) is 15.3 Å². The molecule has 2 rings (SSSR count). The molecular formula is C14H7IN2O. The number of nitrogens with zero attached hydrogens (tertiary/aromatic N) is 2. The van der Waals surface area contributed by atoms with Gasteiger partial charge in [0.1, 0.15) is 29.2 Å². The van der Waals surface area contributed by atoms with E-state index in [9.17, 15) is 0 Å². The average molecular weight is 346 g/mol. The molecule has 0 saturated heterocycles. The lowest BCUT2D eigenvalue weighted by Gasteiger charge is -2.18. The fourth-order valence-electron chi connectivity index (χ4n) is 1.65. The molecule has 4 heteroatoms. The topological polar surface area (TPSA) is 56.8 Å². The van der Waals surface area contributed by atoms with E-state index in [1.807, 2.05) is 40.5 Å². The smallest absolute Gasteiger partial charge is 0.137 e. The molecular weight excluding hydrogens is 339 g/mol. The first-order chi connectivity index (χ1) is 8.80. The monoisotopic (exact) mass is 346 g/mol. The van der Waals surface area contributed by atoms with Crippen LogP contribution in [0.4, 0.5) is 0 Å². The molecule has 3 nitrogen and oxygen atoms in total. The van der Waals surface area contributed by atoms with Crippen LogP contribution in [0.2, 0.25) is 0 Å². The summed E-state index contributed by atoms with van der Waals surface area (Å²) in [5.41, 5.74) is 1.46. The Bertz CT molecular complexity index is 641. The highest BCUT2D eigenvalue weighted by Crippen LogP contribution is 2.35. The molecule has 0 spiro atoms. The summed E-state index contributed by atoms with van der Waals surface area (Å²) in [6, 6.07) is 11.2. The van der Waals surface area contributed by atoms with Crippen molar-refractivity contribution in [2.24, 2.45) is 0 Å². The first kappa shape index (κ1) is 12.4. The minimum atomic E-state index is 0.0881. The van der Waals surface area contributed by atoms with Crippen LogP contribution in [0.5, 0.6) is 5.75 Å². The lowest BCUT2D eigenvalue weighted by molar-refractivity contribution is 0.439. The molecule has 0 unspecified atom stereocenters. The number of rotatable bonds is 1. The second-order valence-corrected chi connectivity index (χ2v) is 4.17. The Kier molecular flexibility index (Phi) is 3.81. The maximum absolute atomic E-state index is 9.00. The Morgan fingerprint density at radius 1 is 1.22 bits per heavy atom. The lowest BCUT2D eigenvalue weighted by atomic mass is 9.97. The van der Waals surface area contributed by atoms with Crippen molar-refractivity contribution in [1.82, 2.24) is 0 Å². The molecule has 1 heterocycles. The van der Waals surface area contributed by atoms with Crippen molar-refractivity contribution in [3.63, 3.8) is 0 Å². The maximum atomic E-state index is 9.00. The summed E-state index contributed by atoms with van der Waals surface area (Å²) in [6.45, 7) is 0. The van der Waals surface area contributed by atoms with Crippen LogP contribution < -0.4 is 4.74 Å². The summed E-state index contributed by atoms with van der Waals surface area (Å²) in [6.07, 6.45) is 3.49. The fourth-order valence-corrected chi connectivity index (χ4v) is 2.01. The zero-order valence-electron chi connectivity index (χ0n) is 9.22. The van der Waals surface area contributed by atoms with Crippen LogP contribution in [-0.4, -0.2) is 0 Å². The predicted molar refractivity (Wildman–Crippen MR) is 76.5 cm³/mol. The molecule has 1 aromatic rings. The highest BCUT2D eigenvalue weighted by molar-refractivity contribution is 14.1. The van der Waals surface area contributed by atoms with E-state index in [2.05, 4.69) is 22.6 Å². The molecule has 1 aromatic carbocycles. The summed E-state index contributed by atoms with van der Waals surface area (Å²) >= 11 is 2.08. The highest BCUT2D eigenvalue weighted by Gasteiger charge is 2.18. The van der Waals surface area contributed by atoms with Gasteiger partial charge in [-0.15, -0.1) is 0 Å². The van der Waals surface area contributed by atoms with Gasteiger partial charge >= 0.3 is 0 Å². The fraction of sp³-hybridized carbons (Fsp3) is 0. The number of halogens is 1. The van der Waals surface area contributed by atoms with Crippen LogP contribution in [-0.2, 0) is 0 Å². The molecule has 1 aliphatic rings. The van der Waals surface area contributed by atoms with Crippen LogP contribution in [0.1, 0.15) is 5.56 Å². The van der Waals surface area contributed by atoms with Gasteiger partial charge in [-0.3, -0.25) is 0 Å². The number of fused-ring (bicyclic) bond motifs is 1. The van der Waals surface area contributed by atoms with Crippen molar-refractivity contribution in [2.45, 2.75) is 0 Å². The third kappa shape index (κ3) is 2.29. The van der Waals surface area contributed by atoms with E-state index < -0.39 is 0 Å². The lowest BCUT2D eigenvalue weighted by Crippen LogP contribution is -2.03. The zero-order chi connectivity index (χ0) is 13.0. The standard InChI is InChI=1S/C14H7IN2O/c15-6-5-11-7-13(10(8-16)9-17)12-3-1-2-4-14(12)18-11/h1-7H/b6-5+. The summed E-state index contributed by atoms with van der Waals surface area (Å²) in [4.78, 5) is 0. The molecule has 86 valence electrons. The molecule has 18 heavy (non-hydrogen) atoms. The quantitative estimate of drug-likeness (QED) is 0.575. The normalized spacial score (nSPS) is 13.1. The van der Waals surface area contributed by atoms with Crippen molar-refractivity contribution in [1.29, 1.82) is 10.5 Å². The van der Waals surface area contributed by atoms with E-state index in [1.165, 1.54) is 0 Å². The van der Waals surface area contributed by atoms with E-state index in [-0.39, 0.29) is 5.57 Å². The number of hydrogen-bond donors (Lipinski definition) is 0. The van der Waals surface area contributed by atoms with Gasteiger partial charge in [0, 0.05) is 11.1 Å². The van der Waals surface area contributed by atoms with Crippen LogP contribution in [0, 0.1) is 22.7 Å². The van der Waals surface area contributed by atoms with E-state index >= 15 is 0 Å². The first-order valence-electron chi connectivity index (χ1n) is 5.10. The van der Waals surface area contributed by atoms with Gasteiger partial charge in [-0.05, 0) is 22.3 Å². The van der Waals surface area contributed by atoms with Gasteiger partial charge in [-0.25, -0.2) is 0 Å². The maximum Gasteiger partial charge on any atom is 0.137 e. The van der Waals surface area contributed by atoms with Crippen molar-refractivity contribution in [3.05, 3.63) is 57.4 Å². The van der Waals surface area contributed by atoms with Crippen molar-refractivity contribution >= 4 is 28.2 Å². The largest absolute Gasteiger partial charge is 0.457 e. The molecule has 0 radical (unpaired) electrons. The van der Waals surface area contributed by atoms with Crippen molar-refractivity contribution in [2.75, 3.05) is 0 Å². The van der Waals surface area contributed by atoms with E-state index in [0.29, 0.717) is 17.1 Å². The van der Waals surface area contributed by atoms with Crippen LogP contribution in [0.3, 0.4) is 0 Å². The summed E-state index contributed by atoms with van der Waals surface area (Å²) in [7, 11) is 0. The second kappa shape index (κ2) is 5.52. The van der Waals surface area contributed by atoms with Gasteiger partial charge in [-0.2, -0.15) is 10.5 Å². The van der Waals surface area contributed by atoms with Gasteiger partial charge < -0.3 is 4.74 Å². The highest BCUT2D eigenvalue weighted by atomic mass is 127. The third-order valence-electron chi connectivity index (χ3n) is 2.41. The van der Waals surface area contributed by atoms with Gasteiger partial charge in [0.2, 0.25) is 0 Å². The minimum Gasteiger partial charge on any atom is -0.457 e. The van der Waals surface area contributed by atoms with Crippen molar-refractivity contribution in [3.8, 4) is 17.9 Å². The Labute approximate surface area is 118 Å². The SMILES string of the molecule is N#CC(C#N)=C1C=C(/C=C/I)Oc2ccccc21. The Morgan fingerprint density at radius 3 is 2.61 bits per heavy atom. The zero-order valence-corrected chi connectivity index (χ0v) is 11.4. The second-order valence-electron chi connectivity index (χ2n) is 3.45. The van der Waals surface area contributed by atoms with E-state index in [0.717, 1.165) is 5.56 Å². The summed E-state index contributed by atoms with van der Waals surface area (Å²) in [5.74, 6) is 1.27. The van der Waals surface area contributed by atoms with Crippen LogP contribution in [0.25, 0.3) is 5.57 Å². The number of ether oxygens (including phenoxy) is 1. The molecule has 0 saturated carbocycles. The number of allylic oxidation sites excluding steroid dienone is 4.